The van der Waals surface area contributed by atoms with Crippen LogP contribution < -0.4 is 10.6 Å². The normalized spacial score (nSPS) is 20.2. The Labute approximate surface area is 191 Å². The molecule has 31 heavy (non-hydrogen) atoms. The van der Waals surface area contributed by atoms with Crippen molar-refractivity contribution in [3.63, 3.8) is 0 Å². The Hall–Kier alpha value is -1.91. The molecule has 5 heteroatoms. The molecule has 2 N–H and O–H groups in total. The van der Waals surface area contributed by atoms with E-state index in [0.717, 1.165) is 60.9 Å². The smallest absolute Gasteiger partial charge is 0.143 e. The predicted molar refractivity (Wildman–Crippen MR) is 129 cm³/mol. The topological polar surface area (TPSA) is 54.0 Å². The third-order valence-electron chi connectivity index (χ3n) is 6.76. The van der Waals surface area contributed by atoms with Gasteiger partial charge in [0.2, 0.25) is 0 Å². The van der Waals surface area contributed by atoms with Crippen LogP contribution in [0.3, 0.4) is 0 Å². The first-order valence-corrected chi connectivity index (χ1v) is 12.3. The molecular weight excluding hydrogens is 406 g/mol. The number of halogens is 1. The lowest BCUT2D eigenvalue weighted by atomic mass is 9.92. The third kappa shape index (κ3) is 6.30. The first-order valence-electron chi connectivity index (χ1n) is 11.9. The van der Waals surface area contributed by atoms with Gasteiger partial charge in [-0.2, -0.15) is 0 Å². The zero-order valence-electron chi connectivity index (χ0n) is 18.3. The molecule has 1 aliphatic heterocycles. The molecule has 2 aliphatic rings. The summed E-state index contributed by atoms with van der Waals surface area (Å²) in [5.74, 6) is 1.14. The first kappa shape index (κ1) is 22.3. The number of nitrogens with one attached hydrogen (secondary N) is 2. The van der Waals surface area contributed by atoms with Crippen LogP contribution in [-0.4, -0.2) is 30.4 Å². The van der Waals surface area contributed by atoms with Crippen molar-refractivity contribution in [2.24, 2.45) is 11.8 Å². The van der Waals surface area contributed by atoms with Gasteiger partial charge in [0, 0.05) is 48.6 Å². The Balaban J connectivity index is 1.44. The summed E-state index contributed by atoms with van der Waals surface area (Å²) >= 11 is 6.51. The van der Waals surface area contributed by atoms with Gasteiger partial charge in [-0.3, -0.25) is 9.78 Å². The van der Waals surface area contributed by atoms with Gasteiger partial charge in [0.1, 0.15) is 5.78 Å². The Morgan fingerprint density at radius 2 is 1.94 bits per heavy atom. The zero-order valence-corrected chi connectivity index (χ0v) is 19.1. The second kappa shape index (κ2) is 11.1. The van der Waals surface area contributed by atoms with E-state index in [9.17, 15) is 4.79 Å². The zero-order chi connectivity index (χ0) is 21.5. The Kier molecular flexibility index (Phi) is 7.98. The summed E-state index contributed by atoms with van der Waals surface area (Å²) in [6.07, 6.45) is 12.2. The number of piperidine rings is 1. The molecule has 4 rings (SSSR count). The second-order valence-corrected chi connectivity index (χ2v) is 9.57. The molecule has 0 spiro atoms. The van der Waals surface area contributed by atoms with Gasteiger partial charge in [0.05, 0.1) is 5.02 Å². The lowest BCUT2D eigenvalue weighted by molar-refractivity contribution is -0.122. The average Bonchev–Trinajstić information content (AvgIpc) is 3.09. The highest BCUT2D eigenvalue weighted by atomic mass is 35.5. The number of hydrogen-bond acceptors (Lipinski definition) is 4. The molecule has 2 fully saturated rings. The van der Waals surface area contributed by atoms with Gasteiger partial charge in [-0.1, -0.05) is 49.4 Å². The number of benzene rings is 1. The number of Topliss-reactive ketones (excluding diaryl/α,β-unsaturated/α-hetero) is 1. The summed E-state index contributed by atoms with van der Waals surface area (Å²) in [5, 5.41) is 7.59. The van der Waals surface area contributed by atoms with Crippen molar-refractivity contribution in [1.82, 2.24) is 10.3 Å². The average molecular weight is 440 g/mol. The number of ketones is 1. The van der Waals surface area contributed by atoms with Gasteiger partial charge in [0.15, 0.2) is 0 Å². The van der Waals surface area contributed by atoms with Gasteiger partial charge in [-0.15, -0.1) is 0 Å². The molecule has 1 aliphatic carbocycles. The van der Waals surface area contributed by atoms with Crippen molar-refractivity contribution >= 4 is 23.1 Å². The number of rotatable bonds is 7. The molecule has 0 bridgehead atoms. The van der Waals surface area contributed by atoms with Crippen molar-refractivity contribution < 1.29 is 4.79 Å². The fourth-order valence-electron chi connectivity index (χ4n) is 4.88. The van der Waals surface area contributed by atoms with E-state index in [1.54, 1.807) is 6.20 Å². The highest BCUT2D eigenvalue weighted by molar-refractivity contribution is 6.33. The lowest BCUT2D eigenvalue weighted by Gasteiger charge is -2.21. The monoisotopic (exact) mass is 439 g/mol. The molecule has 1 saturated carbocycles. The maximum Gasteiger partial charge on any atom is 0.143 e. The van der Waals surface area contributed by atoms with Crippen LogP contribution in [0.1, 0.15) is 57.1 Å². The fourth-order valence-corrected chi connectivity index (χ4v) is 5.09. The quantitative estimate of drug-likeness (QED) is 0.527. The molecule has 0 radical (unpaired) electrons. The van der Waals surface area contributed by atoms with Crippen molar-refractivity contribution in [1.29, 1.82) is 0 Å². The van der Waals surface area contributed by atoms with Crippen molar-refractivity contribution in [3.8, 4) is 11.1 Å². The van der Waals surface area contributed by atoms with Crippen LogP contribution in [0.25, 0.3) is 11.1 Å². The van der Waals surface area contributed by atoms with Gasteiger partial charge in [-0.25, -0.2) is 0 Å². The Morgan fingerprint density at radius 1 is 1.10 bits per heavy atom. The minimum absolute atomic E-state index is 0.103. The summed E-state index contributed by atoms with van der Waals surface area (Å²) in [5.41, 5.74) is 3.93. The Morgan fingerprint density at radius 3 is 2.71 bits per heavy atom. The summed E-state index contributed by atoms with van der Waals surface area (Å²) in [4.78, 5) is 17.1. The molecule has 1 aromatic heterocycles. The summed E-state index contributed by atoms with van der Waals surface area (Å²) in [6, 6.07) is 10.4. The number of carbonyl (C=O) groups is 1. The molecular formula is C26H34ClN3O. The fraction of sp³-hybridized carbons (Fsp3) is 0.538. The number of aromatic nitrogens is 1. The number of nitrogens with zero attached hydrogens (tertiary/aromatic N) is 1. The summed E-state index contributed by atoms with van der Waals surface area (Å²) in [6.45, 7) is 2.83. The molecule has 2 heterocycles. The summed E-state index contributed by atoms with van der Waals surface area (Å²) in [7, 11) is 0. The van der Waals surface area contributed by atoms with Crippen LogP contribution in [-0.2, 0) is 11.2 Å². The van der Waals surface area contributed by atoms with Crippen molar-refractivity contribution in [2.75, 3.05) is 25.0 Å². The van der Waals surface area contributed by atoms with Crippen molar-refractivity contribution in [3.05, 3.63) is 47.2 Å². The van der Waals surface area contributed by atoms with Crippen LogP contribution >= 0.6 is 11.6 Å². The van der Waals surface area contributed by atoms with Crippen LogP contribution in [0.4, 0.5) is 5.69 Å². The number of carbonyl (C=O) groups excluding carboxylic acids is 1. The van der Waals surface area contributed by atoms with Crippen LogP contribution in [0.2, 0.25) is 5.02 Å². The van der Waals surface area contributed by atoms with Crippen LogP contribution in [0.5, 0.6) is 0 Å². The number of hydrogen-bond donors (Lipinski definition) is 2. The van der Waals surface area contributed by atoms with E-state index in [-0.39, 0.29) is 11.7 Å². The third-order valence-corrected chi connectivity index (χ3v) is 7.06. The lowest BCUT2D eigenvalue weighted by Crippen LogP contribution is -2.35. The minimum Gasteiger partial charge on any atom is -0.385 e. The number of pyridine rings is 1. The van der Waals surface area contributed by atoms with E-state index in [1.807, 2.05) is 6.07 Å². The van der Waals surface area contributed by atoms with Gasteiger partial charge < -0.3 is 10.6 Å². The van der Waals surface area contributed by atoms with Gasteiger partial charge in [-0.05, 0) is 61.9 Å². The standard InChI is InChI=1S/C26H34ClN3O/c27-25-18-30-23(15-26(31)21-10-6-12-28-17-21)14-24(25)20-9-5-11-22(13-20)29-16-19-7-3-1-2-4-8-19/h5,9,11,13-14,18-19,21,28-29H,1-4,6-8,10,12,15-17H2/t21-/m1/s1. The van der Waals surface area contributed by atoms with E-state index in [4.69, 9.17) is 11.6 Å². The van der Waals surface area contributed by atoms with E-state index in [2.05, 4.69) is 39.9 Å². The SMILES string of the molecule is O=C(Cc1cc(-c2cccc(NCC3CCCCCC3)c2)c(Cl)cn1)[C@@H]1CCCNC1. The van der Waals surface area contributed by atoms with Crippen LogP contribution in [0, 0.1) is 11.8 Å². The van der Waals surface area contributed by atoms with Crippen molar-refractivity contribution in [2.45, 2.75) is 57.8 Å². The second-order valence-electron chi connectivity index (χ2n) is 9.16. The van der Waals surface area contributed by atoms with E-state index in [0.29, 0.717) is 11.4 Å². The molecule has 0 unspecified atom stereocenters. The highest BCUT2D eigenvalue weighted by Crippen LogP contribution is 2.31. The molecule has 1 aromatic carbocycles. The summed E-state index contributed by atoms with van der Waals surface area (Å²) < 4.78 is 0. The molecule has 166 valence electrons. The first-order chi connectivity index (χ1) is 15.2. The molecule has 2 aromatic rings. The van der Waals surface area contributed by atoms with E-state index in [1.165, 1.54) is 38.5 Å². The minimum atomic E-state index is 0.103. The Bertz CT molecular complexity index is 871. The van der Waals surface area contributed by atoms with Gasteiger partial charge in [0.25, 0.3) is 0 Å². The van der Waals surface area contributed by atoms with Gasteiger partial charge >= 0.3 is 0 Å². The number of anilines is 1. The largest absolute Gasteiger partial charge is 0.385 e. The maximum absolute atomic E-state index is 12.7. The molecule has 1 saturated heterocycles. The molecule has 4 nitrogen and oxygen atoms in total. The molecule has 1 atom stereocenters. The van der Waals surface area contributed by atoms with Crippen LogP contribution in [0.15, 0.2) is 36.5 Å². The molecule has 0 amide bonds. The maximum atomic E-state index is 12.7. The highest BCUT2D eigenvalue weighted by Gasteiger charge is 2.21. The van der Waals surface area contributed by atoms with E-state index < -0.39 is 0 Å². The predicted octanol–water partition coefficient (Wildman–Crippen LogP) is 5.90. The van der Waals surface area contributed by atoms with E-state index >= 15 is 0 Å².